The Morgan fingerprint density at radius 3 is 2.62 bits per heavy atom. The fourth-order valence-corrected chi connectivity index (χ4v) is 5.63. The number of hydrogen-bond donors (Lipinski definition) is 1. The van der Waals surface area contributed by atoms with Gasteiger partial charge >= 0.3 is 5.97 Å². The van der Waals surface area contributed by atoms with Crippen molar-refractivity contribution >= 4 is 47.1 Å². The number of rotatable bonds is 11. The Morgan fingerprint density at radius 2 is 1.95 bits per heavy atom. The summed E-state index contributed by atoms with van der Waals surface area (Å²) in [5.74, 6) is -1.11. The van der Waals surface area contributed by atoms with Crippen LogP contribution >= 0.6 is 24.2 Å². The number of carboxylic acids is 1. The van der Waals surface area contributed by atoms with E-state index in [2.05, 4.69) is 5.10 Å². The van der Waals surface area contributed by atoms with E-state index in [0.717, 1.165) is 24.1 Å². The van der Waals surface area contributed by atoms with E-state index >= 15 is 0 Å². The molecule has 0 radical (unpaired) electrons. The van der Waals surface area contributed by atoms with Crippen LogP contribution in [0, 0.1) is 11.7 Å². The fourth-order valence-electron chi connectivity index (χ4n) is 4.71. The van der Waals surface area contributed by atoms with E-state index in [-0.39, 0.29) is 46.7 Å². The topological polar surface area (TPSA) is 92.5 Å². The second-order valence-electron chi connectivity index (χ2n) is 9.53. The number of aryl methyl sites for hydroxylation is 1. The smallest absolute Gasteiger partial charge is 0.303 e. The molecule has 2 fully saturated rings. The zero-order valence-electron chi connectivity index (χ0n) is 20.8. The first kappa shape index (κ1) is 29.1. The van der Waals surface area contributed by atoms with Crippen LogP contribution in [0.4, 0.5) is 4.39 Å². The molecule has 2 unspecified atom stereocenters. The number of aliphatic carboxylic acids is 1. The fraction of sp³-hybridized carbons (Fsp3) is 0.481. The van der Waals surface area contributed by atoms with Crippen LogP contribution in [-0.2, 0) is 20.9 Å². The van der Waals surface area contributed by atoms with Gasteiger partial charge in [-0.1, -0.05) is 30.0 Å². The molecule has 0 spiro atoms. The molecule has 1 saturated heterocycles. The number of aromatic nitrogens is 2. The second-order valence-corrected chi connectivity index (χ2v) is 10.9. The van der Waals surface area contributed by atoms with Crippen molar-refractivity contribution in [2.75, 3.05) is 13.1 Å². The minimum Gasteiger partial charge on any atom is -0.481 e. The molecule has 1 aliphatic carbocycles. The molecule has 2 atom stereocenters. The lowest BCUT2D eigenvalue weighted by atomic mass is 9.93. The number of thioether (sulfide) groups is 1. The molecule has 2 aliphatic rings. The number of ketones is 1. The number of benzene rings is 1. The highest BCUT2D eigenvalue weighted by Gasteiger charge is 2.41. The molecular weight excluding hydrogens is 517 g/mol. The van der Waals surface area contributed by atoms with Crippen molar-refractivity contribution in [2.45, 2.75) is 63.3 Å². The van der Waals surface area contributed by atoms with Crippen molar-refractivity contribution in [2.24, 2.45) is 5.92 Å². The lowest BCUT2D eigenvalue weighted by Crippen LogP contribution is -2.43. The molecule has 1 aliphatic heterocycles. The maximum absolute atomic E-state index is 14.8. The molecular formula is C27H33ClFN3O4S. The number of hydrogen-bond acceptors (Lipinski definition) is 6. The van der Waals surface area contributed by atoms with Gasteiger partial charge in [0.15, 0.2) is 10.9 Å². The lowest BCUT2D eigenvalue weighted by Gasteiger charge is -2.38. The molecule has 1 aromatic carbocycles. The minimum atomic E-state index is -0.800. The number of likely N-dealkylation sites (tertiary alicyclic amines) is 1. The maximum atomic E-state index is 14.8. The van der Waals surface area contributed by atoms with Gasteiger partial charge in [0.05, 0.1) is 11.7 Å². The molecule has 1 N–H and O–H groups in total. The molecule has 4 rings (SSSR count). The first-order valence-corrected chi connectivity index (χ1v) is 13.3. The summed E-state index contributed by atoms with van der Waals surface area (Å²) >= 11 is 1.29. The average molecular weight is 550 g/mol. The highest BCUT2D eigenvalue weighted by atomic mass is 35.5. The van der Waals surface area contributed by atoms with Crippen molar-refractivity contribution in [3.05, 3.63) is 59.2 Å². The number of unbranched alkanes of at least 4 members (excludes halogenated alkanes) is 1. The van der Waals surface area contributed by atoms with E-state index in [4.69, 9.17) is 5.11 Å². The number of Topliss-reactive ketones (excluding diaryl/α,β-unsaturated/α-hetero) is 1. The van der Waals surface area contributed by atoms with Gasteiger partial charge in [-0.05, 0) is 55.9 Å². The van der Waals surface area contributed by atoms with E-state index in [9.17, 15) is 18.8 Å². The minimum absolute atomic E-state index is 0. The van der Waals surface area contributed by atoms with Crippen LogP contribution in [0.1, 0.15) is 62.7 Å². The summed E-state index contributed by atoms with van der Waals surface area (Å²) in [5, 5.41) is 13.4. The Morgan fingerprint density at radius 1 is 1.19 bits per heavy atom. The van der Waals surface area contributed by atoms with Crippen LogP contribution in [-0.4, -0.2) is 55.0 Å². The Labute approximate surface area is 226 Å². The Kier molecular flexibility index (Phi) is 10.5. The number of nitrogens with zero attached hydrogens (tertiary/aromatic N) is 3. The van der Waals surface area contributed by atoms with Gasteiger partial charge in [0.2, 0.25) is 0 Å². The van der Waals surface area contributed by atoms with Crippen LogP contribution in [0.3, 0.4) is 0 Å². The van der Waals surface area contributed by atoms with E-state index in [0.29, 0.717) is 44.5 Å². The maximum Gasteiger partial charge on any atom is 0.303 e. The third kappa shape index (κ3) is 7.99. The largest absolute Gasteiger partial charge is 0.481 e. The quantitative estimate of drug-likeness (QED) is 0.387. The Hall–Kier alpha value is -2.49. The molecule has 10 heteroatoms. The van der Waals surface area contributed by atoms with E-state index in [1.807, 2.05) is 23.2 Å². The molecule has 7 nitrogen and oxygen atoms in total. The molecule has 0 bridgehead atoms. The first-order valence-electron chi connectivity index (χ1n) is 12.5. The highest BCUT2D eigenvalue weighted by Crippen LogP contribution is 2.40. The monoisotopic (exact) mass is 549 g/mol. The van der Waals surface area contributed by atoms with Crippen molar-refractivity contribution in [3.8, 4) is 0 Å². The van der Waals surface area contributed by atoms with Crippen molar-refractivity contribution < 1.29 is 23.9 Å². The standard InChI is InChI=1S/C27H32FN3O4S.ClH/c1-18(32)36-24-12-14-30(26(27(35)19-9-10-19)22-6-2-3-7-23(22)28)17-20(24)16-21-11-15-31(29-21)13-5-4-8-25(33)34;/h2-3,6-7,11,15-16,19,24,26H,4-5,8-10,12-14,17H2,1H3,(H,33,34);1H/b20-16-;. The molecule has 37 heavy (non-hydrogen) atoms. The van der Waals surface area contributed by atoms with E-state index in [1.165, 1.54) is 17.8 Å². The third-order valence-corrected chi connectivity index (χ3v) is 7.78. The average Bonchev–Trinajstić information content (AvgIpc) is 3.59. The summed E-state index contributed by atoms with van der Waals surface area (Å²) in [5.41, 5.74) is 2.15. The Bertz CT molecular complexity index is 1150. The number of halogens is 2. The molecule has 200 valence electrons. The normalized spacial score (nSPS) is 19.8. The van der Waals surface area contributed by atoms with Gasteiger partial charge < -0.3 is 5.11 Å². The molecule has 2 heterocycles. The van der Waals surface area contributed by atoms with Crippen LogP contribution in [0.5, 0.6) is 0 Å². The van der Waals surface area contributed by atoms with Crippen molar-refractivity contribution in [1.82, 2.24) is 14.7 Å². The van der Waals surface area contributed by atoms with Crippen molar-refractivity contribution in [1.29, 1.82) is 0 Å². The number of carbonyl (C=O) groups is 3. The van der Waals surface area contributed by atoms with Gasteiger partial charge in [0, 0.05) is 55.9 Å². The summed E-state index contributed by atoms with van der Waals surface area (Å²) in [6.45, 7) is 3.23. The van der Waals surface area contributed by atoms with Crippen LogP contribution < -0.4 is 0 Å². The lowest BCUT2D eigenvalue weighted by molar-refractivity contribution is -0.137. The summed E-state index contributed by atoms with van der Waals surface area (Å²) < 4.78 is 16.6. The third-order valence-electron chi connectivity index (χ3n) is 6.62. The van der Waals surface area contributed by atoms with Crippen molar-refractivity contribution in [3.63, 3.8) is 0 Å². The van der Waals surface area contributed by atoms with Gasteiger partial charge in [-0.25, -0.2) is 4.39 Å². The molecule has 1 saturated carbocycles. The summed E-state index contributed by atoms with van der Waals surface area (Å²) in [6.07, 6.45) is 7.66. The summed E-state index contributed by atoms with van der Waals surface area (Å²) in [6, 6.07) is 7.76. The molecule has 0 amide bonds. The SMILES string of the molecule is CC(=O)SC1CCN(C(C(=O)C2CC2)c2ccccc2F)C/C1=C/c1ccn(CCCCC(=O)O)n1.Cl. The highest BCUT2D eigenvalue weighted by molar-refractivity contribution is 8.14. The zero-order valence-corrected chi connectivity index (χ0v) is 22.5. The number of piperidine rings is 1. The van der Waals surface area contributed by atoms with Gasteiger partial charge in [0.25, 0.3) is 0 Å². The van der Waals surface area contributed by atoms with Gasteiger partial charge in [-0.15, -0.1) is 12.4 Å². The first-order chi connectivity index (χ1) is 17.3. The number of carboxylic acid groups (broad SMARTS) is 1. The van der Waals surface area contributed by atoms with Crippen LogP contribution in [0.15, 0.2) is 42.1 Å². The molecule has 2 aromatic rings. The van der Waals surface area contributed by atoms with E-state index < -0.39 is 12.0 Å². The second kappa shape index (κ2) is 13.3. The summed E-state index contributed by atoms with van der Waals surface area (Å²) in [7, 11) is 0. The van der Waals surface area contributed by atoms with Gasteiger partial charge in [0.1, 0.15) is 5.82 Å². The zero-order chi connectivity index (χ0) is 25.7. The van der Waals surface area contributed by atoms with Crippen LogP contribution in [0.2, 0.25) is 0 Å². The van der Waals surface area contributed by atoms with E-state index in [1.54, 1.807) is 29.8 Å². The van der Waals surface area contributed by atoms with Gasteiger partial charge in [-0.2, -0.15) is 5.10 Å². The predicted molar refractivity (Wildman–Crippen MR) is 144 cm³/mol. The number of carbonyl (C=O) groups excluding carboxylic acids is 2. The Balaban J connectivity index is 0.00000380. The van der Waals surface area contributed by atoms with Crippen LogP contribution in [0.25, 0.3) is 6.08 Å². The van der Waals surface area contributed by atoms with Gasteiger partial charge in [-0.3, -0.25) is 24.0 Å². The molecule has 1 aromatic heterocycles. The predicted octanol–water partition coefficient (Wildman–Crippen LogP) is 5.16. The summed E-state index contributed by atoms with van der Waals surface area (Å²) in [4.78, 5) is 38.0.